The molecule has 1 saturated heterocycles. The number of anilines is 1. The summed E-state index contributed by atoms with van der Waals surface area (Å²) in [6.07, 6.45) is 5.46. The van der Waals surface area contributed by atoms with Crippen LogP contribution < -0.4 is 4.90 Å². The molecule has 2 atom stereocenters. The molecule has 1 aliphatic heterocycles. The molecular formula is C19H25N5O2S. The van der Waals surface area contributed by atoms with Gasteiger partial charge in [-0.2, -0.15) is 4.36 Å². The molecule has 0 amide bonds. The zero-order valence-corrected chi connectivity index (χ0v) is 16.8. The highest BCUT2D eigenvalue weighted by molar-refractivity contribution is 7.93. The van der Waals surface area contributed by atoms with E-state index in [0.29, 0.717) is 24.9 Å². The summed E-state index contributed by atoms with van der Waals surface area (Å²) in [6.45, 7) is 6.13. The van der Waals surface area contributed by atoms with E-state index < -0.39 is 9.73 Å². The van der Waals surface area contributed by atoms with Crippen LogP contribution in [0.1, 0.15) is 25.5 Å². The molecule has 7 nitrogen and oxygen atoms in total. The van der Waals surface area contributed by atoms with Crippen molar-refractivity contribution in [3.63, 3.8) is 0 Å². The van der Waals surface area contributed by atoms with Crippen molar-refractivity contribution in [1.29, 1.82) is 0 Å². The Balaban J connectivity index is 1.80. The molecule has 2 aliphatic rings. The molecular weight excluding hydrogens is 362 g/mol. The highest BCUT2D eigenvalue weighted by Crippen LogP contribution is 2.32. The van der Waals surface area contributed by atoms with Gasteiger partial charge in [0, 0.05) is 41.6 Å². The SMILES string of the molecule is Cc1ccc(-c2nc(N=S(C)(=O)C3CC3)cc(N3CCOC[C@H]3C)n2)cn1. The number of nitrogens with zero attached hydrogens (tertiary/aromatic N) is 5. The first-order chi connectivity index (χ1) is 12.9. The minimum absolute atomic E-state index is 0.183. The van der Waals surface area contributed by atoms with E-state index in [-0.39, 0.29) is 11.3 Å². The Morgan fingerprint density at radius 2 is 2.11 bits per heavy atom. The number of aryl methyl sites for hydroxylation is 1. The van der Waals surface area contributed by atoms with Crippen molar-refractivity contribution in [3.8, 4) is 11.4 Å². The molecule has 3 heterocycles. The second-order valence-corrected chi connectivity index (χ2v) is 9.94. The lowest BCUT2D eigenvalue weighted by Crippen LogP contribution is -2.44. The summed E-state index contributed by atoms with van der Waals surface area (Å²) in [5.74, 6) is 1.83. The van der Waals surface area contributed by atoms with Crippen molar-refractivity contribution in [2.24, 2.45) is 4.36 Å². The van der Waals surface area contributed by atoms with E-state index in [2.05, 4.69) is 26.2 Å². The molecule has 2 fully saturated rings. The molecule has 2 aromatic heterocycles. The summed E-state index contributed by atoms with van der Waals surface area (Å²) in [6, 6.07) is 5.95. The van der Waals surface area contributed by atoms with Crippen molar-refractivity contribution in [3.05, 3.63) is 30.1 Å². The number of hydrogen-bond donors (Lipinski definition) is 0. The first kappa shape index (κ1) is 18.3. The third kappa shape index (κ3) is 4.11. The first-order valence-electron chi connectivity index (χ1n) is 9.30. The lowest BCUT2D eigenvalue weighted by atomic mass is 10.2. The van der Waals surface area contributed by atoms with Gasteiger partial charge < -0.3 is 9.64 Å². The minimum atomic E-state index is -2.28. The molecule has 1 unspecified atom stereocenters. The van der Waals surface area contributed by atoms with Crippen molar-refractivity contribution >= 4 is 21.4 Å². The number of aromatic nitrogens is 3. The average molecular weight is 388 g/mol. The fourth-order valence-corrected chi connectivity index (χ4v) is 4.80. The third-order valence-electron chi connectivity index (χ3n) is 4.95. The Kier molecular flexibility index (Phi) is 4.86. The Morgan fingerprint density at radius 1 is 1.30 bits per heavy atom. The Hall–Kier alpha value is -2.06. The van der Waals surface area contributed by atoms with Gasteiger partial charge in [-0.1, -0.05) is 0 Å². The van der Waals surface area contributed by atoms with Gasteiger partial charge in [-0.05, 0) is 38.8 Å². The number of pyridine rings is 1. The second-order valence-electron chi connectivity index (χ2n) is 7.37. The van der Waals surface area contributed by atoms with Crippen LogP contribution in [0.2, 0.25) is 0 Å². The van der Waals surface area contributed by atoms with Crippen molar-refractivity contribution < 1.29 is 8.95 Å². The van der Waals surface area contributed by atoms with Crippen molar-refractivity contribution in [2.45, 2.75) is 38.0 Å². The first-order valence-corrected chi connectivity index (χ1v) is 11.3. The van der Waals surface area contributed by atoms with E-state index in [1.807, 2.05) is 25.1 Å². The van der Waals surface area contributed by atoms with Crippen LogP contribution in [0.5, 0.6) is 0 Å². The Bertz CT molecular complexity index is 949. The molecule has 1 aliphatic carbocycles. The van der Waals surface area contributed by atoms with Gasteiger partial charge in [0.25, 0.3) is 0 Å². The van der Waals surface area contributed by atoms with Crippen LogP contribution in [0.25, 0.3) is 11.4 Å². The second kappa shape index (κ2) is 7.16. The summed E-state index contributed by atoms with van der Waals surface area (Å²) < 4.78 is 23.0. The van der Waals surface area contributed by atoms with Crippen LogP contribution in [0.4, 0.5) is 11.6 Å². The van der Waals surface area contributed by atoms with Gasteiger partial charge >= 0.3 is 0 Å². The van der Waals surface area contributed by atoms with E-state index in [1.54, 1.807) is 12.5 Å². The van der Waals surface area contributed by atoms with Crippen LogP contribution in [0.15, 0.2) is 28.8 Å². The van der Waals surface area contributed by atoms with Gasteiger partial charge in [-0.25, -0.2) is 14.2 Å². The van der Waals surface area contributed by atoms with Crippen LogP contribution in [-0.4, -0.2) is 56.5 Å². The van der Waals surface area contributed by atoms with Crippen molar-refractivity contribution in [1.82, 2.24) is 15.0 Å². The van der Waals surface area contributed by atoms with E-state index in [4.69, 9.17) is 9.72 Å². The zero-order valence-electron chi connectivity index (χ0n) is 16.0. The maximum Gasteiger partial charge on any atom is 0.167 e. The standard InChI is InChI=1S/C19H25N5O2S/c1-13-4-5-15(11-20-13)19-21-17(23-27(3,25)16-6-7-16)10-18(22-19)24-8-9-26-12-14(24)2/h4-5,10-11,14,16H,6-9,12H2,1-3H3/t14-,27?/m1/s1. The fourth-order valence-electron chi connectivity index (χ4n) is 3.18. The summed E-state index contributed by atoms with van der Waals surface area (Å²) in [5.41, 5.74) is 1.76. The predicted molar refractivity (Wildman–Crippen MR) is 107 cm³/mol. The van der Waals surface area contributed by atoms with Crippen LogP contribution >= 0.6 is 0 Å². The molecule has 0 bridgehead atoms. The van der Waals surface area contributed by atoms with Gasteiger partial charge in [0.05, 0.1) is 29.0 Å². The fraction of sp³-hybridized carbons (Fsp3) is 0.526. The maximum atomic E-state index is 12.9. The quantitative estimate of drug-likeness (QED) is 0.802. The van der Waals surface area contributed by atoms with E-state index in [9.17, 15) is 4.21 Å². The van der Waals surface area contributed by atoms with Crippen LogP contribution in [0.3, 0.4) is 0 Å². The molecule has 4 rings (SSSR count). The molecule has 1 saturated carbocycles. The van der Waals surface area contributed by atoms with Gasteiger partial charge in [-0.3, -0.25) is 4.98 Å². The molecule has 0 N–H and O–H groups in total. The van der Waals surface area contributed by atoms with Gasteiger partial charge in [0.1, 0.15) is 5.82 Å². The summed E-state index contributed by atoms with van der Waals surface area (Å²) in [5, 5.41) is 0.183. The molecule has 8 heteroatoms. The molecule has 27 heavy (non-hydrogen) atoms. The number of morpholine rings is 1. The lowest BCUT2D eigenvalue weighted by Gasteiger charge is -2.34. The smallest absolute Gasteiger partial charge is 0.167 e. The third-order valence-corrected chi connectivity index (χ3v) is 7.21. The Morgan fingerprint density at radius 3 is 2.78 bits per heavy atom. The van der Waals surface area contributed by atoms with E-state index in [0.717, 1.165) is 36.5 Å². The number of hydrogen-bond acceptors (Lipinski definition) is 7. The van der Waals surface area contributed by atoms with Gasteiger partial charge in [0.2, 0.25) is 0 Å². The van der Waals surface area contributed by atoms with E-state index >= 15 is 0 Å². The van der Waals surface area contributed by atoms with Crippen molar-refractivity contribution in [2.75, 3.05) is 30.9 Å². The number of ether oxygens (including phenoxy) is 1. The minimum Gasteiger partial charge on any atom is -0.377 e. The highest BCUT2D eigenvalue weighted by Gasteiger charge is 2.31. The average Bonchev–Trinajstić information content (AvgIpc) is 3.48. The predicted octanol–water partition coefficient (Wildman–Crippen LogP) is 2.96. The lowest BCUT2D eigenvalue weighted by molar-refractivity contribution is 0.0985. The summed E-state index contributed by atoms with van der Waals surface area (Å²) in [4.78, 5) is 15.9. The summed E-state index contributed by atoms with van der Waals surface area (Å²) >= 11 is 0. The molecule has 0 radical (unpaired) electrons. The molecule has 0 spiro atoms. The van der Waals surface area contributed by atoms with Crippen LogP contribution in [-0.2, 0) is 14.5 Å². The van der Waals surface area contributed by atoms with E-state index in [1.165, 1.54) is 0 Å². The number of rotatable bonds is 4. The zero-order chi connectivity index (χ0) is 19.0. The van der Waals surface area contributed by atoms with Gasteiger partial charge in [0.15, 0.2) is 11.6 Å². The monoisotopic (exact) mass is 387 g/mol. The highest BCUT2D eigenvalue weighted by atomic mass is 32.2. The molecule has 0 aromatic carbocycles. The van der Waals surface area contributed by atoms with Gasteiger partial charge in [-0.15, -0.1) is 0 Å². The Labute approximate surface area is 160 Å². The van der Waals surface area contributed by atoms with Crippen LogP contribution in [0, 0.1) is 6.92 Å². The maximum absolute atomic E-state index is 12.9. The summed E-state index contributed by atoms with van der Waals surface area (Å²) in [7, 11) is -2.28. The largest absolute Gasteiger partial charge is 0.377 e. The molecule has 2 aromatic rings. The topological polar surface area (TPSA) is 80.6 Å². The normalized spacial score (nSPS) is 22.3. The molecule has 144 valence electrons.